The van der Waals surface area contributed by atoms with Gasteiger partial charge in [-0.05, 0) is 26.2 Å². The Morgan fingerprint density at radius 2 is 2.42 bits per heavy atom. The predicted molar refractivity (Wildman–Crippen MR) is 76.1 cm³/mol. The quantitative estimate of drug-likeness (QED) is 0.620. The maximum atomic E-state index is 5.85. The van der Waals surface area contributed by atoms with Crippen molar-refractivity contribution in [3.63, 3.8) is 0 Å². The van der Waals surface area contributed by atoms with E-state index in [1.54, 1.807) is 6.20 Å². The molecule has 0 radical (unpaired) electrons. The van der Waals surface area contributed by atoms with Crippen molar-refractivity contribution in [3.05, 3.63) is 11.8 Å². The topological polar surface area (TPSA) is 76.3 Å². The minimum Gasteiger partial charge on any atom is -0.376 e. The molecule has 106 valence electrons. The largest absolute Gasteiger partial charge is 0.376 e. The first-order chi connectivity index (χ1) is 9.24. The van der Waals surface area contributed by atoms with Gasteiger partial charge >= 0.3 is 0 Å². The Bertz CT molecular complexity index is 412. The molecule has 1 fully saturated rings. The normalized spacial score (nSPS) is 19.5. The highest BCUT2D eigenvalue weighted by Crippen LogP contribution is 2.23. The molecule has 0 bridgehead atoms. The average molecular weight is 265 g/mol. The van der Waals surface area contributed by atoms with Crippen LogP contribution in [0.3, 0.4) is 0 Å². The number of nitrogens with two attached hydrogens (primary N) is 1. The third kappa shape index (κ3) is 3.54. The summed E-state index contributed by atoms with van der Waals surface area (Å²) in [4.78, 5) is 10.8. The summed E-state index contributed by atoms with van der Waals surface area (Å²) in [5, 5.41) is 0. The molecule has 0 amide bonds. The number of ether oxygens (including phenoxy) is 1. The van der Waals surface area contributed by atoms with Crippen LogP contribution in [0, 0.1) is 6.92 Å². The summed E-state index contributed by atoms with van der Waals surface area (Å²) in [6.07, 6.45) is 5.42. The van der Waals surface area contributed by atoms with Crippen LogP contribution >= 0.6 is 0 Å². The molecule has 6 nitrogen and oxygen atoms in total. The Balaban J connectivity index is 2.08. The molecule has 1 aliphatic heterocycles. The number of rotatable bonds is 5. The van der Waals surface area contributed by atoms with Crippen LogP contribution < -0.4 is 16.2 Å². The second-order valence-corrected chi connectivity index (χ2v) is 4.93. The van der Waals surface area contributed by atoms with E-state index in [4.69, 9.17) is 10.6 Å². The molecule has 0 aliphatic carbocycles. The first-order valence-corrected chi connectivity index (χ1v) is 6.91. The van der Waals surface area contributed by atoms with Crippen molar-refractivity contribution in [1.29, 1.82) is 0 Å². The van der Waals surface area contributed by atoms with Gasteiger partial charge in [-0.1, -0.05) is 6.92 Å². The van der Waals surface area contributed by atoms with Gasteiger partial charge in [-0.15, -0.1) is 0 Å². The molecular weight excluding hydrogens is 242 g/mol. The van der Waals surface area contributed by atoms with E-state index in [-0.39, 0.29) is 0 Å². The maximum absolute atomic E-state index is 5.85. The standard InChI is InChI=1S/C13H23N5O/c1-3-7-19-11-5-4-6-18(9-11)12-10(2)8-15-13(16-12)17-14/h8,11H,3-7,9,14H2,1-2H3,(H,15,16,17). The summed E-state index contributed by atoms with van der Waals surface area (Å²) in [6.45, 7) is 6.88. The molecule has 3 N–H and O–H groups in total. The van der Waals surface area contributed by atoms with Gasteiger partial charge in [-0.3, -0.25) is 5.43 Å². The third-order valence-corrected chi connectivity index (χ3v) is 3.31. The Morgan fingerprint density at radius 1 is 1.58 bits per heavy atom. The summed E-state index contributed by atoms with van der Waals surface area (Å²) < 4.78 is 5.85. The van der Waals surface area contributed by atoms with Crippen LogP contribution in [0.15, 0.2) is 6.20 Å². The molecule has 19 heavy (non-hydrogen) atoms. The third-order valence-electron chi connectivity index (χ3n) is 3.31. The van der Waals surface area contributed by atoms with Gasteiger partial charge in [-0.25, -0.2) is 10.8 Å². The van der Waals surface area contributed by atoms with Crippen molar-refractivity contribution >= 4 is 11.8 Å². The molecule has 0 aromatic carbocycles. The van der Waals surface area contributed by atoms with Crippen molar-refractivity contribution in [2.75, 3.05) is 30.0 Å². The van der Waals surface area contributed by atoms with Crippen LogP contribution in [0.1, 0.15) is 31.7 Å². The fraction of sp³-hybridized carbons (Fsp3) is 0.692. The lowest BCUT2D eigenvalue weighted by molar-refractivity contribution is 0.0439. The number of hydrazine groups is 1. The minimum atomic E-state index is 0.303. The van der Waals surface area contributed by atoms with Crippen molar-refractivity contribution in [2.24, 2.45) is 5.84 Å². The monoisotopic (exact) mass is 265 g/mol. The minimum absolute atomic E-state index is 0.303. The van der Waals surface area contributed by atoms with E-state index < -0.39 is 0 Å². The molecule has 1 saturated heterocycles. The van der Waals surface area contributed by atoms with Crippen LogP contribution in [0.5, 0.6) is 0 Å². The molecule has 1 unspecified atom stereocenters. The number of nitrogens with one attached hydrogen (secondary N) is 1. The molecule has 6 heteroatoms. The first-order valence-electron chi connectivity index (χ1n) is 6.91. The summed E-state index contributed by atoms with van der Waals surface area (Å²) >= 11 is 0. The second-order valence-electron chi connectivity index (χ2n) is 4.93. The fourth-order valence-electron chi connectivity index (χ4n) is 2.37. The molecule has 1 aromatic rings. The molecule has 1 aliphatic rings. The van der Waals surface area contributed by atoms with Crippen molar-refractivity contribution in [2.45, 2.75) is 39.2 Å². The van der Waals surface area contributed by atoms with E-state index in [2.05, 4.69) is 27.2 Å². The van der Waals surface area contributed by atoms with Crippen LogP contribution in [0.25, 0.3) is 0 Å². The van der Waals surface area contributed by atoms with E-state index in [0.717, 1.165) is 50.3 Å². The molecule has 0 saturated carbocycles. The molecule has 2 heterocycles. The van der Waals surface area contributed by atoms with E-state index in [1.807, 2.05) is 6.92 Å². The number of nitrogen functional groups attached to an aromatic ring is 1. The first kappa shape index (κ1) is 14.0. The zero-order valence-electron chi connectivity index (χ0n) is 11.7. The van der Waals surface area contributed by atoms with Gasteiger partial charge in [0.05, 0.1) is 6.10 Å². The van der Waals surface area contributed by atoms with Gasteiger partial charge in [0.15, 0.2) is 0 Å². The highest BCUT2D eigenvalue weighted by molar-refractivity contribution is 5.49. The molecule has 1 atom stereocenters. The summed E-state index contributed by atoms with van der Waals surface area (Å²) in [5.41, 5.74) is 3.56. The number of aromatic nitrogens is 2. The second kappa shape index (κ2) is 6.68. The van der Waals surface area contributed by atoms with Crippen LogP contribution in [-0.2, 0) is 4.74 Å². The summed E-state index contributed by atoms with van der Waals surface area (Å²) in [6, 6.07) is 0. The Hall–Kier alpha value is -1.40. The molecule has 2 rings (SSSR count). The van der Waals surface area contributed by atoms with Gasteiger partial charge in [0, 0.05) is 31.5 Å². The lowest BCUT2D eigenvalue weighted by atomic mass is 10.1. The lowest BCUT2D eigenvalue weighted by Crippen LogP contribution is -2.40. The average Bonchev–Trinajstić information content (AvgIpc) is 2.46. The van der Waals surface area contributed by atoms with Crippen molar-refractivity contribution in [3.8, 4) is 0 Å². The van der Waals surface area contributed by atoms with E-state index in [0.29, 0.717) is 12.1 Å². The SMILES string of the molecule is CCCOC1CCCN(c2nc(NN)ncc2C)C1. The zero-order chi connectivity index (χ0) is 13.7. The fourth-order valence-corrected chi connectivity index (χ4v) is 2.37. The van der Waals surface area contributed by atoms with E-state index in [1.165, 1.54) is 0 Å². The zero-order valence-corrected chi connectivity index (χ0v) is 11.7. The van der Waals surface area contributed by atoms with Crippen molar-refractivity contribution in [1.82, 2.24) is 9.97 Å². The van der Waals surface area contributed by atoms with Gasteiger partial charge in [0.2, 0.25) is 5.95 Å². The lowest BCUT2D eigenvalue weighted by Gasteiger charge is -2.34. The highest BCUT2D eigenvalue weighted by atomic mass is 16.5. The van der Waals surface area contributed by atoms with Crippen LogP contribution in [0.4, 0.5) is 11.8 Å². The highest BCUT2D eigenvalue weighted by Gasteiger charge is 2.22. The molecule has 1 aromatic heterocycles. The van der Waals surface area contributed by atoms with Gasteiger partial charge in [0.1, 0.15) is 5.82 Å². The van der Waals surface area contributed by atoms with Gasteiger partial charge in [0.25, 0.3) is 0 Å². The number of nitrogens with zero attached hydrogens (tertiary/aromatic N) is 3. The number of hydrogen-bond donors (Lipinski definition) is 2. The predicted octanol–water partition coefficient (Wildman–Crippen LogP) is 1.47. The van der Waals surface area contributed by atoms with Gasteiger partial charge < -0.3 is 9.64 Å². The molecule has 0 spiro atoms. The Morgan fingerprint density at radius 3 is 3.16 bits per heavy atom. The van der Waals surface area contributed by atoms with Crippen molar-refractivity contribution < 1.29 is 4.74 Å². The Labute approximate surface area is 114 Å². The molecular formula is C13H23N5O. The number of anilines is 2. The van der Waals surface area contributed by atoms with Crippen LogP contribution in [-0.4, -0.2) is 35.8 Å². The smallest absolute Gasteiger partial charge is 0.239 e. The maximum Gasteiger partial charge on any atom is 0.239 e. The van der Waals surface area contributed by atoms with E-state index in [9.17, 15) is 0 Å². The summed E-state index contributed by atoms with van der Waals surface area (Å²) in [5.74, 6) is 6.78. The summed E-state index contributed by atoms with van der Waals surface area (Å²) in [7, 11) is 0. The van der Waals surface area contributed by atoms with E-state index >= 15 is 0 Å². The Kier molecular flexibility index (Phi) is 4.93. The van der Waals surface area contributed by atoms with Gasteiger partial charge in [-0.2, -0.15) is 4.98 Å². The number of piperidine rings is 1. The number of aryl methyl sites for hydroxylation is 1. The van der Waals surface area contributed by atoms with Crippen LogP contribution in [0.2, 0.25) is 0 Å². The number of hydrogen-bond acceptors (Lipinski definition) is 6.